The standard InChI is InChI=1S/C28H26ClNO3.C25H26BrClO3/c1-17-23(19-8-7-15-30-16-19)21-9-5-6-10-22(21)25(18-11-13-20(29)14-12-18)24(17)26(27(31)32)33-28(2,3)4;1-6-29-24(28)23(30-25(3,4)5)20-15(2)22(26)19-10-8-7-9-18(19)21(20)16-11-13-17(27)14-12-16/h5-16,26H,1-4H3,(H,31,32);7-14,23H,6H2,1-5H3. The molecular formula is C53H52BrCl2NO6. The predicted molar refractivity (Wildman–Crippen MR) is 261 cm³/mol. The largest absolute Gasteiger partial charge is 0.479 e. The van der Waals surface area contributed by atoms with Gasteiger partial charge >= 0.3 is 11.9 Å². The molecule has 2 atom stereocenters. The van der Waals surface area contributed by atoms with Gasteiger partial charge in [0.25, 0.3) is 0 Å². The number of ether oxygens (including phenoxy) is 3. The third-order valence-electron chi connectivity index (χ3n) is 10.4. The number of hydrogen-bond donors (Lipinski definition) is 1. The van der Waals surface area contributed by atoms with E-state index in [1.165, 1.54) is 0 Å². The zero-order chi connectivity index (χ0) is 45.8. The highest BCUT2D eigenvalue weighted by molar-refractivity contribution is 9.10. The summed E-state index contributed by atoms with van der Waals surface area (Å²) in [7, 11) is 0. The zero-order valence-electron chi connectivity index (χ0n) is 37.0. The Labute approximate surface area is 388 Å². The average Bonchev–Trinajstić information content (AvgIpc) is 3.24. The van der Waals surface area contributed by atoms with Gasteiger partial charge in [0.2, 0.25) is 0 Å². The van der Waals surface area contributed by atoms with Crippen LogP contribution in [0.15, 0.2) is 126 Å². The number of aromatic nitrogens is 1. The minimum absolute atomic E-state index is 0.285. The lowest BCUT2D eigenvalue weighted by atomic mass is 9.82. The molecule has 1 heterocycles. The first-order valence-corrected chi connectivity index (χ1v) is 22.3. The Hall–Kier alpha value is -5.09. The molecule has 0 spiro atoms. The van der Waals surface area contributed by atoms with E-state index in [0.717, 1.165) is 76.1 Å². The minimum Gasteiger partial charge on any atom is -0.479 e. The molecule has 1 N–H and O–H groups in total. The van der Waals surface area contributed by atoms with Crippen LogP contribution in [0.25, 0.3) is 54.9 Å². The SMILES string of the molecule is CCOC(=O)C(OC(C)(C)C)c1c(C)c(Br)c2ccccc2c1-c1ccc(Cl)cc1.Cc1c(C(OC(C)(C)C)C(=O)O)c(-c2ccc(Cl)cc2)c2ccccc2c1-c1cccnc1. The first-order valence-electron chi connectivity index (χ1n) is 20.7. The Morgan fingerprint density at radius 3 is 1.51 bits per heavy atom. The van der Waals surface area contributed by atoms with Crippen molar-refractivity contribution in [3.8, 4) is 33.4 Å². The van der Waals surface area contributed by atoms with E-state index < -0.39 is 35.3 Å². The molecule has 326 valence electrons. The van der Waals surface area contributed by atoms with E-state index in [1.807, 2.05) is 146 Å². The van der Waals surface area contributed by atoms with Crippen molar-refractivity contribution in [3.05, 3.63) is 158 Å². The van der Waals surface area contributed by atoms with Crippen LogP contribution in [0.4, 0.5) is 0 Å². The highest BCUT2D eigenvalue weighted by Gasteiger charge is 2.35. The number of carboxylic acid groups (broad SMARTS) is 1. The molecule has 7 nitrogen and oxygen atoms in total. The Balaban J connectivity index is 0.000000211. The molecular weight excluding hydrogens is 897 g/mol. The highest BCUT2D eigenvalue weighted by atomic mass is 79.9. The number of hydrogen-bond acceptors (Lipinski definition) is 6. The van der Waals surface area contributed by atoms with Crippen molar-refractivity contribution in [3.63, 3.8) is 0 Å². The number of carbonyl (C=O) groups excluding carboxylic acids is 1. The molecule has 7 aromatic rings. The molecule has 63 heavy (non-hydrogen) atoms. The molecule has 0 saturated heterocycles. The van der Waals surface area contributed by atoms with Gasteiger partial charge in [0, 0.05) is 43.6 Å². The van der Waals surface area contributed by atoms with Crippen molar-refractivity contribution < 1.29 is 28.9 Å². The Kier molecular flexibility index (Phi) is 14.9. The van der Waals surface area contributed by atoms with Crippen molar-refractivity contribution in [1.29, 1.82) is 0 Å². The molecule has 0 amide bonds. The van der Waals surface area contributed by atoms with Crippen molar-refractivity contribution in [1.82, 2.24) is 4.98 Å². The van der Waals surface area contributed by atoms with Crippen LogP contribution in [-0.4, -0.2) is 39.8 Å². The van der Waals surface area contributed by atoms with E-state index in [1.54, 1.807) is 19.3 Å². The summed E-state index contributed by atoms with van der Waals surface area (Å²) in [6.45, 7) is 17.5. The van der Waals surface area contributed by atoms with Crippen LogP contribution >= 0.6 is 39.1 Å². The van der Waals surface area contributed by atoms with Crippen LogP contribution < -0.4 is 0 Å². The molecule has 10 heteroatoms. The van der Waals surface area contributed by atoms with E-state index >= 15 is 0 Å². The number of esters is 1. The lowest BCUT2D eigenvalue weighted by molar-refractivity contribution is -0.166. The number of halogens is 3. The van der Waals surface area contributed by atoms with Crippen molar-refractivity contribution in [2.24, 2.45) is 0 Å². The summed E-state index contributed by atoms with van der Waals surface area (Å²) in [6.07, 6.45) is 1.51. The van der Waals surface area contributed by atoms with Gasteiger partial charge in [-0.3, -0.25) is 4.98 Å². The van der Waals surface area contributed by atoms with Gasteiger partial charge < -0.3 is 19.3 Å². The number of benzene rings is 6. The number of aliphatic carboxylic acids is 1. The van der Waals surface area contributed by atoms with E-state index in [2.05, 4.69) is 39.1 Å². The smallest absolute Gasteiger partial charge is 0.339 e. The quantitative estimate of drug-likeness (QED) is 0.136. The van der Waals surface area contributed by atoms with Gasteiger partial charge in [-0.2, -0.15) is 0 Å². The molecule has 7 rings (SSSR count). The van der Waals surface area contributed by atoms with Crippen molar-refractivity contribution >= 4 is 72.6 Å². The fraction of sp³-hybridized carbons (Fsp3) is 0.264. The number of carboxylic acids is 1. The van der Waals surface area contributed by atoms with Gasteiger partial charge in [-0.05, 0) is 169 Å². The summed E-state index contributed by atoms with van der Waals surface area (Å²) >= 11 is 16.1. The number of nitrogens with zero attached hydrogens (tertiary/aromatic N) is 1. The second-order valence-electron chi connectivity index (χ2n) is 17.2. The van der Waals surface area contributed by atoms with Gasteiger partial charge in [-0.1, -0.05) is 102 Å². The maximum atomic E-state index is 13.1. The summed E-state index contributed by atoms with van der Waals surface area (Å²) in [4.78, 5) is 30.0. The molecule has 1 aromatic heterocycles. The van der Waals surface area contributed by atoms with E-state index in [4.69, 9.17) is 37.4 Å². The van der Waals surface area contributed by atoms with Gasteiger partial charge in [0.1, 0.15) is 0 Å². The number of fused-ring (bicyclic) bond motifs is 2. The van der Waals surface area contributed by atoms with Crippen LogP contribution in [0.1, 0.15) is 82.9 Å². The average molecular weight is 950 g/mol. The van der Waals surface area contributed by atoms with Crippen molar-refractivity contribution in [2.45, 2.75) is 85.7 Å². The van der Waals surface area contributed by atoms with E-state index in [-0.39, 0.29) is 6.61 Å². The minimum atomic E-state index is -1.16. The van der Waals surface area contributed by atoms with Gasteiger partial charge in [-0.15, -0.1) is 0 Å². The maximum absolute atomic E-state index is 13.1. The number of rotatable bonds is 10. The molecule has 0 aliphatic heterocycles. The van der Waals surface area contributed by atoms with Crippen LogP contribution in [0.5, 0.6) is 0 Å². The summed E-state index contributed by atoms with van der Waals surface area (Å²) in [5, 5.41) is 15.7. The molecule has 0 radical (unpaired) electrons. The van der Waals surface area contributed by atoms with Crippen LogP contribution in [-0.2, 0) is 23.8 Å². The van der Waals surface area contributed by atoms with E-state index in [9.17, 15) is 14.7 Å². The number of carbonyl (C=O) groups is 2. The van der Waals surface area contributed by atoms with Gasteiger partial charge in [-0.25, -0.2) is 9.59 Å². The third-order valence-corrected chi connectivity index (χ3v) is 11.9. The van der Waals surface area contributed by atoms with Gasteiger partial charge in [0.05, 0.1) is 17.8 Å². The first kappa shape index (κ1) is 47.4. The molecule has 0 aliphatic carbocycles. The summed E-state index contributed by atoms with van der Waals surface area (Å²) in [5.74, 6) is -1.43. The fourth-order valence-electron chi connectivity index (χ4n) is 7.91. The Morgan fingerprint density at radius 2 is 1.06 bits per heavy atom. The van der Waals surface area contributed by atoms with Crippen LogP contribution in [0.3, 0.4) is 0 Å². The molecule has 0 aliphatic rings. The third kappa shape index (κ3) is 10.8. The first-order chi connectivity index (χ1) is 29.8. The van der Waals surface area contributed by atoms with Gasteiger partial charge in [0.15, 0.2) is 12.2 Å². The topological polar surface area (TPSA) is 95.0 Å². The summed E-state index contributed by atoms with van der Waals surface area (Å²) < 4.78 is 18.8. The molecule has 6 aromatic carbocycles. The zero-order valence-corrected chi connectivity index (χ0v) is 40.1. The summed E-state index contributed by atoms with van der Waals surface area (Å²) in [6, 6.07) is 35.2. The van der Waals surface area contributed by atoms with Crippen LogP contribution in [0.2, 0.25) is 10.0 Å². The second-order valence-corrected chi connectivity index (χ2v) is 18.8. The second kappa shape index (κ2) is 19.7. The maximum Gasteiger partial charge on any atom is 0.339 e. The van der Waals surface area contributed by atoms with Crippen molar-refractivity contribution in [2.75, 3.05) is 6.61 Å². The Bertz CT molecular complexity index is 2760. The normalized spacial score (nSPS) is 12.7. The molecule has 2 unspecified atom stereocenters. The Morgan fingerprint density at radius 1 is 0.619 bits per heavy atom. The number of pyridine rings is 1. The predicted octanol–water partition coefficient (Wildman–Crippen LogP) is 15.1. The highest BCUT2D eigenvalue weighted by Crippen LogP contribution is 2.47. The van der Waals surface area contributed by atoms with Crippen LogP contribution in [0, 0.1) is 13.8 Å². The molecule has 0 fully saturated rings. The lowest BCUT2D eigenvalue weighted by Crippen LogP contribution is -2.29. The monoisotopic (exact) mass is 947 g/mol. The lowest BCUT2D eigenvalue weighted by Gasteiger charge is -2.30. The molecule has 0 saturated carbocycles. The van der Waals surface area contributed by atoms with E-state index in [0.29, 0.717) is 15.6 Å². The summed E-state index contributed by atoms with van der Waals surface area (Å²) in [5.41, 5.74) is 7.55. The fourth-order valence-corrected chi connectivity index (χ4v) is 8.72. The molecule has 0 bridgehead atoms.